The van der Waals surface area contributed by atoms with Crippen molar-refractivity contribution in [1.29, 1.82) is 0 Å². The molecule has 8 heteroatoms. The Morgan fingerprint density at radius 2 is 1.83 bits per heavy atom. The zero-order valence-corrected chi connectivity index (χ0v) is 17.0. The van der Waals surface area contributed by atoms with E-state index in [1.54, 1.807) is 6.20 Å². The van der Waals surface area contributed by atoms with Crippen molar-refractivity contribution in [2.24, 2.45) is 0 Å². The highest BCUT2D eigenvalue weighted by Gasteiger charge is 2.18. The number of hydrogen-bond donors (Lipinski definition) is 0. The lowest BCUT2D eigenvalue weighted by molar-refractivity contribution is 0.0923. The van der Waals surface area contributed by atoms with E-state index in [9.17, 15) is 4.79 Å². The molecule has 0 atom stereocenters. The van der Waals surface area contributed by atoms with Crippen molar-refractivity contribution in [2.45, 2.75) is 25.5 Å². The number of carbonyl (C=O) groups is 1. The lowest BCUT2D eigenvalue weighted by Gasteiger charge is -2.10. The number of benzene rings is 1. The van der Waals surface area contributed by atoms with Gasteiger partial charge in [-0.3, -0.25) is 14.3 Å². The molecule has 0 bridgehead atoms. The molecule has 1 aromatic carbocycles. The molecule has 3 heterocycles. The van der Waals surface area contributed by atoms with Crippen LogP contribution < -0.4 is 0 Å². The van der Waals surface area contributed by atoms with E-state index in [1.807, 2.05) is 60.9 Å². The van der Waals surface area contributed by atoms with Crippen LogP contribution in [0.2, 0.25) is 0 Å². The average Bonchev–Trinajstić information content (AvgIpc) is 3.30. The van der Waals surface area contributed by atoms with Crippen LogP contribution in [-0.4, -0.2) is 41.2 Å². The number of hydrogen-bond acceptors (Lipinski definition) is 6. The highest BCUT2D eigenvalue weighted by atomic mass is 32.2. The minimum Gasteiger partial charge on any atom is -0.296 e. The number of nitrogens with zero attached hydrogens (tertiary/aromatic N) is 6. The summed E-state index contributed by atoms with van der Waals surface area (Å²) in [6.45, 7) is 4.34. The molecule has 29 heavy (non-hydrogen) atoms. The van der Waals surface area contributed by atoms with Crippen molar-refractivity contribution >= 4 is 17.7 Å². The van der Waals surface area contributed by atoms with Crippen LogP contribution >= 0.6 is 11.8 Å². The van der Waals surface area contributed by atoms with Crippen molar-refractivity contribution in [1.82, 2.24) is 29.5 Å². The monoisotopic (exact) mass is 404 g/mol. The first-order valence-electron chi connectivity index (χ1n) is 9.19. The van der Waals surface area contributed by atoms with Crippen LogP contribution in [0.1, 0.15) is 21.7 Å². The van der Waals surface area contributed by atoms with Crippen LogP contribution in [0.3, 0.4) is 0 Å². The largest absolute Gasteiger partial charge is 0.296 e. The van der Waals surface area contributed by atoms with Gasteiger partial charge in [0.1, 0.15) is 5.69 Å². The third-order valence-electron chi connectivity index (χ3n) is 4.36. The Morgan fingerprint density at radius 3 is 2.52 bits per heavy atom. The van der Waals surface area contributed by atoms with Crippen LogP contribution in [0.25, 0.3) is 11.5 Å². The van der Waals surface area contributed by atoms with Crippen LogP contribution in [0.5, 0.6) is 0 Å². The molecular weight excluding hydrogens is 384 g/mol. The van der Waals surface area contributed by atoms with E-state index >= 15 is 0 Å². The zero-order chi connectivity index (χ0) is 20.2. The fourth-order valence-corrected chi connectivity index (χ4v) is 3.84. The minimum absolute atomic E-state index is 0.0887. The van der Waals surface area contributed by atoms with Gasteiger partial charge in [-0.25, -0.2) is 4.68 Å². The van der Waals surface area contributed by atoms with E-state index in [1.165, 1.54) is 16.4 Å². The zero-order valence-electron chi connectivity index (χ0n) is 16.2. The SMILES string of the molecule is Cc1cc(C)n(C(=O)CSc2nnc(-c3ccccn3)n2Cc2ccccc2)n1. The van der Waals surface area contributed by atoms with E-state index in [4.69, 9.17) is 0 Å². The van der Waals surface area contributed by atoms with Crippen molar-refractivity contribution in [3.05, 3.63) is 77.7 Å². The smallest absolute Gasteiger partial charge is 0.257 e. The van der Waals surface area contributed by atoms with Gasteiger partial charge in [-0.15, -0.1) is 10.2 Å². The summed E-state index contributed by atoms with van der Waals surface area (Å²) in [7, 11) is 0. The number of rotatable bonds is 6. The highest BCUT2D eigenvalue weighted by Crippen LogP contribution is 2.24. The molecule has 146 valence electrons. The molecule has 0 N–H and O–H groups in total. The van der Waals surface area contributed by atoms with Gasteiger partial charge in [-0.2, -0.15) is 5.10 Å². The quantitative estimate of drug-likeness (QED) is 0.457. The summed E-state index contributed by atoms with van der Waals surface area (Å²) in [5.74, 6) is 0.807. The van der Waals surface area contributed by atoms with Crippen LogP contribution in [-0.2, 0) is 6.54 Å². The second-order valence-electron chi connectivity index (χ2n) is 6.61. The topological polar surface area (TPSA) is 78.5 Å². The number of aromatic nitrogens is 6. The predicted octanol–water partition coefficient (Wildman–Crippen LogP) is 3.63. The summed E-state index contributed by atoms with van der Waals surface area (Å²) in [4.78, 5) is 17.0. The molecule has 0 spiro atoms. The fraction of sp³-hybridized carbons (Fsp3) is 0.190. The molecule has 0 saturated heterocycles. The van der Waals surface area contributed by atoms with E-state index < -0.39 is 0 Å². The summed E-state index contributed by atoms with van der Waals surface area (Å²) in [5.41, 5.74) is 3.52. The number of thioether (sulfide) groups is 1. The molecule has 0 fully saturated rings. The van der Waals surface area contributed by atoms with E-state index in [0.717, 1.165) is 22.6 Å². The Morgan fingerprint density at radius 1 is 1.03 bits per heavy atom. The fourth-order valence-electron chi connectivity index (χ4n) is 3.06. The normalized spacial score (nSPS) is 11.0. The van der Waals surface area contributed by atoms with Gasteiger partial charge in [0, 0.05) is 11.9 Å². The summed E-state index contributed by atoms with van der Waals surface area (Å²) >= 11 is 1.35. The van der Waals surface area contributed by atoms with Gasteiger partial charge in [0.05, 0.1) is 18.0 Å². The average molecular weight is 404 g/mol. The molecule has 0 amide bonds. The van der Waals surface area contributed by atoms with Crippen LogP contribution in [0, 0.1) is 13.8 Å². The molecule has 0 saturated carbocycles. The van der Waals surface area contributed by atoms with Gasteiger partial charge in [0.2, 0.25) is 0 Å². The van der Waals surface area contributed by atoms with Crippen LogP contribution in [0.15, 0.2) is 66.0 Å². The van der Waals surface area contributed by atoms with Gasteiger partial charge < -0.3 is 0 Å². The molecule has 0 aliphatic carbocycles. The second kappa shape index (κ2) is 8.40. The lowest BCUT2D eigenvalue weighted by Crippen LogP contribution is -2.17. The van der Waals surface area contributed by atoms with E-state index in [-0.39, 0.29) is 11.7 Å². The Labute approximate surface area is 172 Å². The first-order chi connectivity index (χ1) is 14.1. The van der Waals surface area contributed by atoms with Crippen molar-refractivity contribution in [2.75, 3.05) is 5.75 Å². The molecule has 4 aromatic rings. The summed E-state index contributed by atoms with van der Waals surface area (Å²) < 4.78 is 3.44. The number of carbonyl (C=O) groups excluding carboxylic acids is 1. The Kier molecular flexibility index (Phi) is 5.53. The maximum Gasteiger partial charge on any atom is 0.257 e. The molecule has 0 unspecified atom stereocenters. The number of pyridine rings is 1. The highest BCUT2D eigenvalue weighted by molar-refractivity contribution is 7.99. The first-order valence-corrected chi connectivity index (χ1v) is 10.2. The van der Waals surface area contributed by atoms with Gasteiger partial charge >= 0.3 is 0 Å². The van der Waals surface area contributed by atoms with E-state index in [2.05, 4.69) is 32.4 Å². The molecule has 0 aliphatic rings. The standard InChI is InChI=1S/C21H20N6OS/c1-15-12-16(2)27(25-15)19(28)14-29-21-24-23-20(18-10-6-7-11-22-18)26(21)13-17-8-4-3-5-9-17/h3-12H,13-14H2,1-2H3. The maximum absolute atomic E-state index is 12.6. The lowest BCUT2D eigenvalue weighted by atomic mass is 10.2. The second-order valence-corrected chi connectivity index (χ2v) is 7.56. The Hall–Kier alpha value is -3.26. The van der Waals surface area contributed by atoms with Crippen LogP contribution in [0.4, 0.5) is 0 Å². The molecule has 4 rings (SSSR count). The van der Waals surface area contributed by atoms with Gasteiger partial charge in [-0.05, 0) is 37.6 Å². The van der Waals surface area contributed by atoms with E-state index in [0.29, 0.717) is 17.5 Å². The molecule has 3 aromatic heterocycles. The third kappa shape index (κ3) is 4.27. The first kappa shape index (κ1) is 19.1. The minimum atomic E-state index is -0.0887. The summed E-state index contributed by atoms with van der Waals surface area (Å²) in [6, 6.07) is 17.7. The molecule has 0 aliphatic heterocycles. The van der Waals surface area contributed by atoms with Crippen molar-refractivity contribution in [3.63, 3.8) is 0 Å². The Balaban J connectivity index is 1.61. The van der Waals surface area contributed by atoms with Crippen molar-refractivity contribution in [3.8, 4) is 11.5 Å². The van der Waals surface area contributed by atoms with Crippen molar-refractivity contribution < 1.29 is 4.79 Å². The summed E-state index contributed by atoms with van der Waals surface area (Å²) in [5, 5.41) is 13.6. The predicted molar refractivity (Wildman–Crippen MR) is 112 cm³/mol. The van der Waals surface area contributed by atoms with Gasteiger partial charge in [0.25, 0.3) is 5.91 Å². The third-order valence-corrected chi connectivity index (χ3v) is 5.32. The molecular formula is C21H20N6OS. The summed E-state index contributed by atoms with van der Waals surface area (Å²) in [6.07, 6.45) is 1.73. The van der Waals surface area contributed by atoms with Gasteiger partial charge in [-0.1, -0.05) is 48.2 Å². The Bertz CT molecular complexity index is 1120. The number of aryl methyl sites for hydroxylation is 2. The molecule has 7 nitrogen and oxygen atoms in total. The molecule has 0 radical (unpaired) electrons. The maximum atomic E-state index is 12.6. The van der Waals surface area contributed by atoms with Gasteiger partial charge in [0.15, 0.2) is 11.0 Å².